The molecule has 2 rings (SSSR count). The molecule has 0 spiro atoms. The number of hydrazine groups is 1. The lowest BCUT2D eigenvalue weighted by Gasteiger charge is -1.90. The molecule has 0 unspecified atom stereocenters. The summed E-state index contributed by atoms with van der Waals surface area (Å²) in [6.07, 6.45) is 0. The summed E-state index contributed by atoms with van der Waals surface area (Å²) >= 11 is 7.21. The number of hydrogen-bond acceptors (Lipinski definition) is 3. The summed E-state index contributed by atoms with van der Waals surface area (Å²) in [5.74, 6) is 4.76. The topological polar surface area (TPSA) is 55.1 Å². The fourth-order valence-corrected chi connectivity index (χ4v) is 2.32. The number of halogens is 1. The lowest BCUT2D eigenvalue weighted by molar-refractivity contribution is 0.0958. The van der Waals surface area contributed by atoms with Crippen LogP contribution in [0.2, 0.25) is 5.02 Å². The lowest BCUT2D eigenvalue weighted by Crippen LogP contribution is -2.29. The highest BCUT2D eigenvalue weighted by Crippen LogP contribution is 2.27. The Hall–Kier alpha value is -1.10. The highest BCUT2D eigenvalue weighted by molar-refractivity contribution is 7.20. The molecule has 0 atom stereocenters. The van der Waals surface area contributed by atoms with Gasteiger partial charge in [-0.05, 0) is 29.7 Å². The quantitative estimate of drug-likeness (QED) is 0.445. The van der Waals surface area contributed by atoms with Gasteiger partial charge in [-0.15, -0.1) is 11.3 Å². The van der Waals surface area contributed by atoms with E-state index >= 15 is 0 Å². The first-order valence-corrected chi connectivity index (χ1v) is 5.10. The average Bonchev–Trinajstić information content (AvgIpc) is 2.59. The van der Waals surface area contributed by atoms with Gasteiger partial charge in [-0.1, -0.05) is 11.6 Å². The molecule has 0 saturated carbocycles. The van der Waals surface area contributed by atoms with Gasteiger partial charge >= 0.3 is 0 Å². The molecule has 5 heteroatoms. The molecule has 0 radical (unpaired) electrons. The SMILES string of the molecule is NNC(=O)c1cc2cc(Cl)ccc2s1. The molecule has 1 amide bonds. The van der Waals surface area contributed by atoms with Gasteiger partial charge in [0.15, 0.2) is 0 Å². The van der Waals surface area contributed by atoms with Gasteiger partial charge in [0.2, 0.25) is 0 Å². The molecule has 0 fully saturated rings. The number of fused-ring (bicyclic) bond motifs is 1. The number of amides is 1. The summed E-state index contributed by atoms with van der Waals surface area (Å²) in [6.45, 7) is 0. The predicted octanol–water partition coefficient (Wildman–Crippen LogP) is 2.16. The van der Waals surface area contributed by atoms with Gasteiger partial charge in [-0.25, -0.2) is 5.84 Å². The number of benzene rings is 1. The predicted molar refractivity (Wildman–Crippen MR) is 58.5 cm³/mol. The molecule has 1 heterocycles. The molecule has 3 N–H and O–H groups in total. The summed E-state index contributed by atoms with van der Waals surface area (Å²) in [5.41, 5.74) is 2.10. The Morgan fingerprint density at radius 2 is 2.21 bits per heavy atom. The second-order valence-corrected chi connectivity index (χ2v) is 4.29. The number of carbonyl (C=O) groups excluding carboxylic acids is 1. The zero-order chi connectivity index (χ0) is 10.1. The van der Waals surface area contributed by atoms with Crippen molar-refractivity contribution in [3.8, 4) is 0 Å². The molecular weight excluding hydrogens is 220 g/mol. The molecule has 72 valence electrons. The van der Waals surface area contributed by atoms with Crippen LogP contribution in [-0.4, -0.2) is 5.91 Å². The second kappa shape index (κ2) is 3.57. The zero-order valence-electron chi connectivity index (χ0n) is 7.08. The summed E-state index contributed by atoms with van der Waals surface area (Å²) < 4.78 is 1.02. The summed E-state index contributed by atoms with van der Waals surface area (Å²) in [7, 11) is 0. The van der Waals surface area contributed by atoms with Crippen LogP contribution < -0.4 is 11.3 Å². The number of thiophene rings is 1. The van der Waals surface area contributed by atoms with Crippen molar-refractivity contribution in [3.63, 3.8) is 0 Å². The van der Waals surface area contributed by atoms with Crippen LogP contribution in [0.3, 0.4) is 0 Å². The fourth-order valence-electron chi connectivity index (χ4n) is 1.20. The Bertz CT molecular complexity index is 495. The molecular formula is C9H7ClN2OS. The first-order chi connectivity index (χ1) is 6.70. The van der Waals surface area contributed by atoms with E-state index in [0.717, 1.165) is 10.1 Å². The number of hydrogen-bond donors (Lipinski definition) is 2. The first-order valence-electron chi connectivity index (χ1n) is 3.91. The third-order valence-corrected chi connectivity index (χ3v) is 3.18. The minimum Gasteiger partial charge on any atom is -0.289 e. The van der Waals surface area contributed by atoms with Gasteiger partial charge in [0.05, 0.1) is 4.88 Å². The maximum atomic E-state index is 11.2. The van der Waals surface area contributed by atoms with Crippen LogP contribution in [0.4, 0.5) is 0 Å². The van der Waals surface area contributed by atoms with E-state index in [4.69, 9.17) is 17.4 Å². The van der Waals surface area contributed by atoms with Crippen molar-refractivity contribution in [2.45, 2.75) is 0 Å². The van der Waals surface area contributed by atoms with Crippen molar-refractivity contribution in [1.29, 1.82) is 0 Å². The van der Waals surface area contributed by atoms with Crippen molar-refractivity contribution in [3.05, 3.63) is 34.2 Å². The molecule has 0 aliphatic carbocycles. The van der Waals surface area contributed by atoms with Crippen molar-refractivity contribution >= 4 is 38.9 Å². The normalized spacial score (nSPS) is 10.4. The monoisotopic (exact) mass is 226 g/mol. The van der Waals surface area contributed by atoms with E-state index in [9.17, 15) is 4.79 Å². The largest absolute Gasteiger partial charge is 0.289 e. The van der Waals surface area contributed by atoms with Crippen LogP contribution in [0, 0.1) is 0 Å². The van der Waals surface area contributed by atoms with E-state index in [2.05, 4.69) is 5.43 Å². The smallest absolute Gasteiger partial charge is 0.275 e. The number of rotatable bonds is 1. The number of nitrogens with one attached hydrogen (secondary N) is 1. The molecule has 0 aliphatic heterocycles. The van der Waals surface area contributed by atoms with Crippen LogP contribution in [-0.2, 0) is 0 Å². The molecule has 0 bridgehead atoms. The number of nitrogens with two attached hydrogens (primary N) is 1. The minimum absolute atomic E-state index is 0.276. The summed E-state index contributed by atoms with van der Waals surface area (Å²) in [6, 6.07) is 7.27. The maximum absolute atomic E-state index is 11.2. The minimum atomic E-state index is -0.276. The van der Waals surface area contributed by atoms with Gasteiger partial charge in [0.25, 0.3) is 5.91 Å². The van der Waals surface area contributed by atoms with Crippen molar-refractivity contribution in [2.75, 3.05) is 0 Å². The van der Waals surface area contributed by atoms with Crippen LogP contribution >= 0.6 is 22.9 Å². The van der Waals surface area contributed by atoms with Gasteiger partial charge < -0.3 is 0 Å². The first kappa shape index (κ1) is 9.45. The third-order valence-electron chi connectivity index (χ3n) is 1.83. The zero-order valence-corrected chi connectivity index (χ0v) is 8.65. The molecule has 1 aromatic heterocycles. The van der Waals surface area contributed by atoms with E-state index in [1.165, 1.54) is 11.3 Å². The van der Waals surface area contributed by atoms with E-state index in [1.807, 2.05) is 12.1 Å². The highest BCUT2D eigenvalue weighted by atomic mass is 35.5. The van der Waals surface area contributed by atoms with E-state index in [1.54, 1.807) is 12.1 Å². The maximum Gasteiger partial charge on any atom is 0.275 e. The van der Waals surface area contributed by atoms with Gasteiger partial charge in [0.1, 0.15) is 0 Å². The van der Waals surface area contributed by atoms with Crippen molar-refractivity contribution < 1.29 is 4.79 Å². The van der Waals surface area contributed by atoms with Gasteiger partial charge in [-0.2, -0.15) is 0 Å². The lowest BCUT2D eigenvalue weighted by atomic mass is 10.2. The molecule has 3 nitrogen and oxygen atoms in total. The van der Waals surface area contributed by atoms with Crippen LogP contribution in [0.15, 0.2) is 24.3 Å². The summed E-state index contributed by atoms with van der Waals surface area (Å²) in [4.78, 5) is 11.8. The molecule has 2 aromatic rings. The molecule has 0 aliphatic rings. The van der Waals surface area contributed by atoms with Crippen LogP contribution in [0.25, 0.3) is 10.1 Å². The molecule has 14 heavy (non-hydrogen) atoms. The van der Waals surface area contributed by atoms with E-state index in [0.29, 0.717) is 9.90 Å². The Kier molecular flexibility index (Phi) is 2.41. The highest BCUT2D eigenvalue weighted by Gasteiger charge is 2.08. The third kappa shape index (κ3) is 1.59. The fraction of sp³-hybridized carbons (Fsp3) is 0. The Balaban J connectivity index is 2.56. The second-order valence-electron chi connectivity index (χ2n) is 2.77. The van der Waals surface area contributed by atoms with E-state index < -0.39 is 0 Å². The van der Waals surface area contributed by atoms with Crippen molar-refractivity contribution in [1.82, 2.24) is 5.43 Å². The van der Waals surface area contributed by atoms with Gasteiger partial charge in [0, 0.05) is 9.72 Å². The number of nitrogen functional groups attached to an aromatic ring is 1. The van der Waals surface area contributed by atoms with Crippen LogP contribution in [0.5, 0.6) is 0 Å². The van der Waals surface area contributed by atoms with Crippen LogP contribution in [0.1, 0.15) is 9.67 Å². The average molecular weight is 227 g/mol. The Labute approximate surface area is 89.4 Å². The Morgan fingerprint density at radius 3 is 2.93 bits per heavy atom. The van der Waals surface area contributed by atoms with E-state index in [-0.39, 0.29) is 5.91 Å². The standard InChI is InChI=1S/C9H7ClN2OS/c10-6-1-2-7-5(3-6)4-8(14-7)9(13)12-11/h1-4H,11H2,(H,12,13). The molecule has 0 saturated heterocycles. The Morgan fingerprint density at radius 1 is 1.43 bits per heavy atom. The summed E-state index contributed by atoms with van der Waals surface area (Å²) in [5, 5.41) is 1.62. The number of carbonyl (C=O) groups is 1. The van der Waals surface area contributed by atoms with Gasteiger partial charge in [-0.3, -0.25) is 10.2 Å². The van der Waals surface area contributed by atoms with Crippen molar-refractivity contribution in [2.24, 2.45) is 5.84 Å². The molecule has 1 aromatic carbocycles.